The second-order valence-electron chi connectivity index (χ2n) is 9.58. The molecule has 3 heterocycles. The zero-order valence-electron chi connectivity index (χ0n) is 21.3. The molecule has 2 aromatic heterocycles. The molecule has 1 saturated heterocycles. The van der Waals surface area contributed by atoms with E-state index in [0.717, 1.165) is 25.7 Å². The SMILES string of the molecule is N#C[C@]1(CO[P@@](=O)(NCC(=O)OC2CCCC2)Oc2ccccc2)O[C@@H](c2ccc3c(N)ncnn23)[C@H](O)[C@@H]1O. The molecule has 2 fully saturated rings. The summed E-state index contributed by atoms with van der Waals surface area (Å²) < 4.78 is 37.5. The summed E-state index contributed by atoms with van der Waals surface area (Å²) in [4.78, 5) is 16.3. The van der Waals surface area contributed by atoms with Gasteiger partial charge >= 0.3 is 13.7 Å². The van der Waals surface area contributed by atoms with Crippen LogP contribution < -0.4 is 15.3 Å². The molecule has 14 nitrogen and oxygen atoms in total. The molecule has 0 radical (unpaired) electrons. The minimum atomic E-state index is -4.34. The Labute approximate surface area is 229 Å². The molecule has 0 spiro atoms. The molecule has 5 N–H and O–H groups in total. The number of para-hydroxylation sites is 1. The van der Waals surface area contributed by atoms with Crippen LogP contribution in [-0.4, -0.2) is 67.8 Å². The Kier molecular flexibility index (Phi) is 8.04. The van der Waals surface area contributed by atoms with E-state index in [4.69, 9.17) is 24.3 Å². The largest absolute Gasteiger partial charge is 0.461 e. The summed E-state index contributed by atoms with van der Waals surface area (Å²) in [5.41, 5.74) is 4.45. The first-order valence-corrected chi connectivity index (χ1v) is 14.2. The number of hydrogen-bond donors (Lipinski definition) is 4. The van der Waals surface area contributed by atoms with Crippen LogP contribution in [0, 0.1) is 11.3 Å². The minimum Gasteiger partial charge on any atom is -0.461 e. The van der Waals surface area contributed by atoms with Crippen LogP contribution in [0.2, 0.25) is 0 Å². The number of nitrogen functional groups attached to an aromatic ring is 1. The Balaban J connectivity index is 1.34. The van der Waals surface area contributed by atoms with Crippen LogP contribution in [0.15, 0.2) is 48.8 Å². The minimum absolute atomic E-state index is 0.163. The predicted molar refractivity (Wildman–Crippen MR) is 139 cm³/mol. The van der Waals surface area contributed by atoms with Crippen molar-refractivity contribution in [3.63, 3.8) is 0 Å². The molecule has 212 valence electrons. The molecular weight excluding hydrogens is 543 g/mol. The molecule has 5 atom stereocenters. The normalized spacial score (nSPS) is 26.4. The van der Waals surface area contributed by atoms with Gasteiger partial charge in [0.25, 0.3) is 0 Å². The van der Waals surface area contributed by atoms with E-state index in [0.29, 0.717) is 11.2 Å². The number of aromatic nitrogens is 3. The Bertz CT molecular complexity index is 1440. The van der Waals surface area contributed by atoms with Crippen LogP contribution in [0.5, 0.6) is 5.75 Å². The molecule has 0 bridgehead atoms. The van der Waals surface area contributed by atoms with Crippen molar-refractivity contribution >= 4 is 25.1 Å². The molecule has 40 heavy (non-hydrogen) atoms. The average molecular weight is 573 g/mol. The van der Waals surface area contributed by atoms with Crippen molar-refractivity contribution in [2.24, 2.45) is 0 Å². The van der Waals surface area contributed by atoms with Gasteiger partial charge in [0, 0.05) is 0 Å². The van der Waals surface area contributed by atoms with Crippen LogP contribution >= 0.6 is 7.75 Å². The Morgan fingerprint density at radius 3 is 2.73 bits per heavy atom. The Hall–Kier alpha value is -3.57. The fraction of sp³-hybridized carbons (Fsp3) is 0.440. The van der Waals surface area contributed by atoms with E-state index in [2.05, 4.69) is 15.2 Å². The molecule has 1 aliphatic carbocycles. The second-order valence-corrected chi connectivity index (χ2v) is 11.3. The van der Waals surface area contributed by atoms with Crippen LogP contribution in [0.25, 0.3) is 5.52 Å². The number of benzene rings is 1. The number of carbonyl (C=O) groups is 1. The number of nitrogens with two attached hydrogens (primary N) is 1. The van der Waals surface area contributed by atoms with Gasteiger partial charge in [-0.05, 0) is 49.9 Å². The summed E-state index contributed by atoms with van der Waals surface area (Å²) in [6.07, 6.45) is -0.101. The molecule has 1 aliphatic heterocycles. The van der Waals surface area contributed by atoms with Crippen molar-refractivity contribution in [1.82, 2.24) is 19.7 Å². The first kappa shape index (κ1) is 28.0. The zero-order valence-corrected chi connectivity index (χ0v) is 22.2. The highest BCUT2D eigenvalue weighted by atomic mass is 31.2. The lowest BCUT2D eigenvalue weighted by molar-refractivity contribution is -0.147. The maximum absolute atomic E-state index is 13.7. The molecule has 1 saturated carbocycles. The number of nitrogens with zero attached hydrogens (tertiary/aromatic N) is 4. The quantitative estimate of drug-likeness (QED) is 0.202. The predicted octanol–water partition coefficient (Wildman–Crippen LogP) is 1.65. The van der Waals surface area contributed by atoms with Crippen LogP contribution in [0.4, 0.5) is 5.82 Å². The first-order chi connectivity index (χ1) is 19.2. The van der Waals surface area contributed by atoms with Gasteiger partial charge in [0.05, 0.1) is 5.69 Å². The fourth-order valence-electron chi connectivity index (χ4n) is 4.78. The maximum Gasteiger partial charge on any atom is 0.459 e. The van der Waals surface area contributed by atoms with Crippen molar-refractivity contribution in [3.05, 3.63) is 54.5 Å². The number of anilines is 1. The summed E-state index contributed by atoms with van der Waals surface area (Å²) in [5, 5.41) is 38.4. The average Bonchev–Trinajstić information content (AvgIpc) is 3.68. The van der Waals surface area contributed by atoms with E-state index in [1.165, 1.54) is 23.0 Å². The number of ether oxygens (including phenoxy) is 2. The van der Waals surface area contributed by atoms with Crippen molar-refractivity contribution in [1.29, 1.82) is 5.26 Å². The third-order valence-corrected chi connectivity index (χ3v) is 8.34. The highest BCUT2D eigenvalue weighted by Gasteiger charge is 2.57. The molecule has 1 aromatic carbocycles. The van der Waals surface area contributed by atoms with E-state index in [-0.39, 0.29) is 17.7 Å². The van der Waals surface area contributed by atoms with Crippen molar-refractivity contribution in [2.75, 3.05) is 18.9 Å². The van der Waals surface area contributed by atoms with E-state index in [9.17, 15) is 24.8 Å². The summed E-state index contributed by atoms with van der Waals surface area (Å²) in [6.45, 7) is -1.28. The van der Waals surface area contributed by atoms with Gasteiger partial charge < -0.3 is 29.9 Å². The highest BCUT2D eigenvalue weighted by molar-refractivity contribution is 7.52. The highest BCUT2D eigenvalue weighted by Crippen LogP contribution is 2.48. The summed E-state index contributed by atoms with van der Waals surface area (Å²) in [5.74, 6) is -0.298. The monoisotopic (exact) mass is 572 g/mol. The van der Waals surface area contributed by atoms with Gasteiger partial charge in [-0.15, -0.1) is 0 Å². The summed E-state index contributed by atoms with van der Waals surface area (Å²) >= 11 is 0. The standard InChI is InChI=1S/C25H29N6O8P/c26-13-25(23(34)21(33)22(38-25)18-10-11-19-24(27)28-15-29-31(18)19)14-36-40(35,39-17-8-2-1-3-9-17)30-12-20(32)37-16-6-4-5-7-16/h1-3,8-11,15-16,21-23,33-34H,4-7,12,14H2,(H,30,35)(H2,27,28,29)/t21-,22-,23-,25+,40-/m0/s1. The van der Waals surface area contributed by atoms with E-state index < -0.39 is 50.8 Å². The van der Waals surface area contributed by atoms with Crippen LogP contribution in [0.3, 0.4) is 0 Å². The maximum atomic E-state index is 13.7. The molecule has 0 unspecified atom stereocenters. The molecule has 5 rings (SSSR count). The Morgan fingerprint density at radius 1 is 1.25 bits per heavy atom. The van der Waals surface area contributed by atoms with Crippen LogP contribution in [0.1, 0.15) is 37.5 Å². The number of aliphatic hydroxyl groups excluding tert-OH is 2. The van der Waals surface area contributed by atoms with Gasteiger partial charge in [-0.2, -0.15) is 10.4 Å². The number of carbonyl (C=O) groups excluding carboxylic acids is 1. The number of nitriles is 1. The lowest BCUT2D eigenvalue weighted by Gasteiger charge is -2.27. The van der Waals surface area contributed by atoms with Gasteiger partial charge in [0.2, 0.25) is 5.60 Å². The third kappa shape index (κ3) is 5.66. The topological polar surface area (TPSA) is 204 Å². The van der Waals surface area contributed by atoms with Crippen molar-refractivity contribution in [3.8, 4) is 11.8 Å². The molecule has 0 amide bonds. The summed E-state index contributed by atoms with van der Waals surface area (Å²) in [7, 11) is -4.34. The zero-order chi connectivity index (χ0) is 28.3. The van der Waals surface area contributed by atoms with E-state index in [1.807, 2.05) is 6.07 Å². The number of aliphatic hydroxyl groups is 2. The van der Waals surface area contributed by atoms with Gasteiger partial charge in [0.15, 0.2) is 5.82 Å². The van der Waals surface area contributed by atoms with Crippen LogP contribution in [-0.2, 0) is 23.4 Å². The second kappa shape index (κ2) is 11.5. The van der Waals surface area contributed by atoms with Crippen molar-refractivity contribution in [2.45, 2.75) is 55.7 Å². The third-order valence-electron chi connectivity index (χ3n) is 6.88. The molecule has 3 aromatic rings. The van der Waals surface area contributed by atoms with Gasteiger partial charge in [-0.25, -0.2) is 19.2 Å². The lowest BCUT2D eigenvalue weighted by atomic mass is 9.96. The molecule has 15 heteroatoms. The number of esters is 1. The van der Waals surface area contributed by atoms with E-state index >= 15 is 0 Å². The number of hydrogen-bond acceptors (Lipinski definition) is 12. The molecule has 2 aliphatic rings. The number of fused-ring (bicyclic) bond motifs is 1. The summed E-state index contributed by atoms with van der Waals surface area (Å²) in [6, 6.07) is 13.1. The number of nitrogens with one attached hydrogen (secondary N) is 1. The lowest BCUT2D eigenvalue weighted by Crippen LogP contribution is -2.46. The van der Waals surface area contributed by atoms with Crippen molar-refractivity contribution < 1.29 is 38.1 Å². The van der Waals surface area contributed by atoms with E-state index in [1.54, 1.807) is 30.3 Å². The molecular formula is C25H29N6O8P. The Morgan fingerprint density at radius 2 is 2.00 bits per heavy atom. The fourth-order valence-corrected chi connectivity index (χ4v) is 6.07. The van der Waals surface area contributed by atoms with Gasteiger partial charge in [-0.1, -0.05) is 18.2 Å². The first-order valence-electron chi connectivity index (χ1n) is 12.7. The van der Waals surface area contributed by atoms with Gasteiger partial charge in [0.1, 0.15) is 61.2 Å². The smallest absolute Gasteiger partial charge is 0.459 e. The number of rotatable bonds is 10. The van der Waals surface area contributed by atoms with Gasteiger partial charge in [-0.3, -0.25) is 9.32 Å².